The quantitative estimate of drug-likeness (QED) is 0.715. The minimum atomic E-state index is 0.0274. The summed E-state index contributed by atoms with van der Waals surface area (Å²) in [6.45, 7) is 2.45. The van der Waals surface area contributed by atoms with Crippen LogP contribution in [0.25, 0.3) is 10.6 Å². The van der Waals surface area contributed by atoms with E-state index in [1.807, 2.05) is 48.7 Å². The van der Waals surface area contributed by atoms with Gasteiger partial charge in [-0.1, -0.05) is 35.9 Å². The van der Waals surface area contributed by atoms with Crippen molar-refractivity contribution in [2.24, 2.45) is 0 Å². The van der Waals surface area contributed by atoms with Crippen LogP contribution < -0.4 is 5.32 Å². The number of aromatic nitrogens is 1. The Labute approximate surface area is 148 Å². The summed E-state index contributed by atoms with van der Waals surface area (Å²) >= 11 is 9.39. The number of thiazole rings is 1. The Hall–Kier alpha value is -1.69. The average molecular weight is 363 g/mol. The zero-order valence-electron chi connectivity index (χ0n) is 12.5. The summed E-state index contributed by atoms with van der Waals surface area (Å²) in [6, 6.07) is 11.6. The van der Waals surface area contributed by atoms with Crippen LogP contribution in [0.3, 0.4) is 0 Å². The zero-order chi connectivity index (χ0) is 16.2. The van der Waals surface area contributed by atoms with E-state index in [2.05, 4.69) is 10.3 Å². The molecule has 1 aromatic carbocycles. The molecule has 1 amide bonds. The maximum atomic E-state index is 12.0. The van der Waals surface area contributed by atoms with Crippen molar-refractivity contribution in [2.75, 3.05) is 0 Å². The van der Waals surface area contributed by atoms with Crippen molar-refractivity contribution in [1.29, 1.82) is 0 Å². The molecule has 0 spiro atoms. The van der Waals surface area contributed by atoms with Crippen molar-refractivity contribution in [3.05, 3.63) is 62.2 Å². The molecule has 0 aliphatic carbocycles. The zero-order valence-corrected chi connectivity index (χ0v) is 14.9. The van der Waals surface area contributed by atoms with E-state index in [1.54, 1.807) is 22.7 Å². The predicted octanol–water partition coefficient (Wildman–Crippen LogP) is 4.69. The molecule has 3 nitrogen and oxygen atoms in total. The highest BCUT2D eigenvalue weighted by Gasteiger charge is 2.13. The predicted molar refractivity (Wildman–Crippen MR) is 97.2 cm³/mol. The van der Waals surface area contributed by atoms with Gasteiger partial charge in [0, 0.05) is 15.3 Å². The van der Waals surface area contributed by atoms with Gasteiger partial charge in [-0.05, 0) is 24.4 Å². The van der Waals surface area contributed by atoms with Gasteiger partial charge in [-0.2, -0.15) is 0 Å². The SMILES string of the molecule is Cc1nc(-c2ccccc2Cl)sc1CNC(=O)Cc1cccs1. The lowest BCUT2D eigenvalue weighted by molar-refractivity contribution is -0.120. The van der Waals surface area contributed by atoms with Gasteiger partial charge in [-0.15, -0.1) is 22.7 Å². The van der Waals surface area contributed by atoms with Crippen LogP contribution in [0.15, 0.2) is 41.8 Å². The summed E-state index contributed by atoms with van der Waals surface area (Å²) in [5, 5.41) is 6.51. The average Bonchev–Trinajstić information content (AvgIpc) is 3.15. The molecular weight excluding hydrogens is 348 g/mol. The van der Waals surface area contributed by atoms with Crippen LogP contribution in [-0.4, -0.2) is 10.9 Å². The van der Waals surface area contributed by atoms with E-state index in [0.717, 1.165) is 26.0 Å². The second-order valence-electron chi connectivity index (χ2n) is 5.04. The molecular formula is C17H15ClN2OS2. The largest absolute Gasteiger partial charge is 0.351 e. The fraction of sp³-hybridized carbons (Fsp3) is 0.176. The van der Waals surface area contributed by atoms with Crippen molar-refractivity contribution in [3.8, 4) is 10.6 Å². The molecule has 3 rings (SSSR count). The first-order valence-electron chi connectivity index (χ1n) is 7.14. The smallest absolute Gasteiger partial charge is 0.225 e. The van der Waals surface area contributed by atoms with Crippen LogP contribution in [0.2, 0.25) is 5.02 Å². The van der Waals surface area contributed by atoms with Crippen molar-refractivity contribution in [1.82, 2.24) is 10.3 Å². The molecule has 0 unspecified atom stereocenters. The van der Waals surface area contributed by atoms with E-state index in [-0.39, 0.29) is 5.91 Å². The number of nitrogens with zero attached hydrogens (tertiary/aromatic N) is 1. The van der Waals surface area contributed by atoms with Crippen molar-refractivity contribution >= 4 is 40.2 Å². The number of carbonyl (C=O) groups excluding carboxylic acids is 1. The van der Waals surface area contributed by atoms with Gasteiger partial charge in [-0.3, -0.25) is 4.79 Å². The molecule has 1 N–H and O–H groups in total. The number of rotatable bonds is 5. The number of aryl methyl sites for hydroxylation is 1. The lowest BCUT2D eigenvalue weighted by Gasteiger charge is -2.02. The van der Waals surface area contributed by atoms with E-state index < -0.39 is 0 Å². The van der Waals surface area contributed by atoms with Crippen LogP contribution in [0.1, 0.15) is 15.4 Å². The summed E-state index contributed by atoms with van der Waals surface area (Å²) < 4.78 is 0. The third-order valence-electron chi connectivity index (χ3n) is 3.36. The van der Waals surface area contributed by atoms with E-state index in [9.17, 15) is 4.79 Å². The minimum absolute atomic E-state index is 0.0274. The summed E-state index contributed by atoms with van der Waals surface area (Å²) in [5.41, 5.74) is 1.86. The van der Waals surface area contributed by atoms with Crippen molar-refractivity contribution in [3.63, 3.8) is 0 Å². The number of nitrogens with one attached hydrogen (secondary N) is 1. The van der Waals surface area contributed by atoms with Crippen molar-refractivity contribution < 1.29 is 4.79 Å². The van der Waals surface area contributed by atoms with Crippen LogP contribution in [0, 0.1) is 6.92 Å². The van der Waals surface area contributed by atoms with Gasteiger partial charge in [0.15, 0.2) is 0 Å². The molecule has 0 radical (unpaired) electrons. The van der Waals surface area contributed by atoms with Gasteiger partial charge < -0.3 is 5.32 Å². The topological polar surface area (TPSA) is 42.0 Å². The third kappa shape index (κ3) is 3.99. The first-order chi connectivity index (χ1) is 11.1. The minimum Gasteiger partial charge on any atom is -0.351 e. The highest BCUT2D eigenvalue weighted by Crippen LogP contribution is 2.32. The second kappa shape index (κ2) is 7.25. The lowest BCUT2D eigenvalue weighted by atomic mass is 10.2. The summed E-state index contributed by atoms with van der Waals surface area (Å²) in [5.74, 6) is 0.0274. The Morgan fingerprint density at radius 1 is 1.26 bits per heavy atom. The van der Waals surface area contributed by atoms with E-state index in [4.69, 9.17) is 11.6 Å². The molecule has 0 saturated carbocycles. The molecule has 2 aromatic heterocycles. The van der Waals surface area contributed by atoms with E-state index in [0.29, 0.717) is 18.0 Å². The Morgan fingerprint density at radius 2 is 2.09 bits per heavy atom. The van der Waals surface area contributed by atoms with Gasteiger partial charge in [0.05, 0.1) is 23.7 Å². The summed E-state index contributed by atoms with van der Waals surface area (Å²) in [6.07, 6.45) is 0.424. The standard InChI is InChI=1S/C17H15ClN2OS2/c1-11-15(10-19-16(21)9-12-5-4-8-22-12)23-17(20-11)13-6-2-3-7-14(13)18/h2-8H,9-10H2,1H3,(H,19,21). The van der Waals surface area contributed by atoms with E-state index >= 15 is 0 Å². The van der Waals surface area contributed by atoms with Gasteiger partial charge >= 0.3 is 0 Å². The fourth-order valence-electron chi connectivity index (χ4n) is 2.15. The Bertz CT molecular complexity index is 812. The van der Waals surface area contributed by atoms with Gasteiger partial charge in [0.25, 0.3) is 0 Å². The molecule has 2 heterocycles. The van der Waals surface area contributed by atoms with Crippen LogP contribution in [-0.2, 0) is 17.8 Å². The van der Waals surface area contributed by atoms with Gasteiger partial charge in [-0.25, -0.2) is 4.98 Å². The molecule has 0 fully saturated rings. The molecule has 3 aromatic rings. The molecule has 0 bridgehead atoms. The molecule has 0 atom stereocenters. The first kappa shape index (κ1) is 16.2. The number of carbonyl (C=O) groups is 1. The number of benzene rings is 1. The van der Waals surface area contributed by atoms with Gasteiger partial charge in [0.1, 0.15) is 5.01 Å². The Kier molecular flexibility index (Phi) is 5.10. The maximum absolute atomic E-state index is 12.0. The number of halogens is 1. The van der Waals surface area contributed by atoms with Crippen LogP contribution in [0.5, 0.6) is 0 Å². The van der Waals surface area contributed by atoms with E-state index in [1.165, 1.54) is 0 Å². The van der Waals surface area contributed by atoms with Gasteiger partial charge in [0.2, 0.25) is 5.91 Å². The van der Waals surface area contributed by atoms with Crippen LogP contribution >= 0.6 is 34.3 Å². The molecule has 0 aliphatic heterocycles. The monoisotopic (exact) mass is 362 g/mol. The molecule has 23 heavy (non-hydrogen) atoms. The number of hydrogen-bond acceptors (Lipinski definition) is 4. The molecule has 0 saturated heterocycles. The fourth-order valence-corrected chi connectivity index (χ4v) is 4.18. The maximum Gasteiger partial charge on any atom is 0.225 e. The summed E-state index contributed by atoms with van der Waals surface area (Å²) in [4.78, 5) is 18.7. The number of thiophene rings is 1. The highest BCUT2D eigenvalue weighted by atomic mass is 35.5. The lowest BCUT2D eigenvalue weighted by Crippen LogP contribution is -2.24. The number of amides is 1. The molecule has 0 aliphatic rings. The third-order valence-corrected chi connectivity index (χ3v) is 5.75. The molecule has 6 heteroatoms. The Morgan fingerprint density at radius 3 is 2.83 bits per heavy atom. The number of hydrogen-bond donors (Lipinski definition) is 1. The highest BCUT2D eigenvalue weighted by molar-refractivity contribution is 7.15. The van der Waals surface area contributed by atoms with Crippen molar-refractivity contribution in [2.45, 2.75) is 19.9 Å². The summed E-state index contributed by atoms with van der Waals surface area (Å²) in [7, 11) is 0. The Balaban J connectivity index is 1.67. The normalized spacial score (nSPS) is 10.7. The first-order valence-corrected chi connectivity index (χ1v) is 9.21. The van der Waals surface area contributed by atoms with Crippen LogP contribution in [0.4, 0.5) is 0 Å². The second-order valence-corrected chi connectivity index (χ2v) is 7.56. The molecule has 118 valence electrons.